The predicted molar refractivity (Wildman–Crippen MR) is 119 cm³/mol. The van der Waals surface area contributed by atoms with Gasteiger partial charge in [-0.1, -0.05) is 23.7 Å². The number of benzene rings is 2. The number of nitrogens with one attached hydrogen (secondary N) is 1. The highest BCUT2D eigenvalue weighted by Gasteiger charge is 2.33. The molecule has 1 saturated heterocycles. The summed E-state index contributed by atoms with van der Waals surface area (Å²) in [4.78, 5) is 30.6. The van der Waals surface area contributed by atoms with E-state index in [1.807, 2.05) is 28.9 Å². The molecule has 0 saturated carbocycles. The average molecular weight is 458 g/mol. The number of carbonyl (C=O) groups excluding carboxylic acids is 2. The zero-order valence-electron chi connectivity index (χ0n) is 16.4. The van der Waals surface area contributed by atoms with Crippen molar-refractivity contribution in [3.63, 3.8) is 0 Å². The number of nitrogens with zero attached hydrogens (tertiary/aromatic N) is 4. The van der Waals surface area contributed by atoms with Gasteiger partial charge in [0.1, 0.15) is 12.2 Å². The molecule has 31 heavy (non-hydrogen) atoms. The number of likely N-dealkylation sites (tertiary alicyclic amines) is 1. The van der Waals surface area contributed by atoms with E-state index in [1.54, 1.807) is 29.2 Å². The Labute approximate surface area is 189 Å². The molecule has 2 heterocycles. The molecule has 3 aromatic rings. The molecule has 0 bridgehead atoms. The Balaban J connectivity index is 1.47. The first-order valence-electron chi connectivity index (χ1n) is 9.71. The van der Waals surface area contributed by atoms with Crippen LogP contribution in [0.2, 0.25) is 5.02 Å². The molecule has 1 atom stereocenters. The first-order valence-corrected chi connectivity index (χ1v) is 10.4. The van der Waals surface area contributed by atoms with Gasteiger partial charge >= 0.3 is 12.0 Å². The van der Waals surface area contributed by atoms with Gasteiger partial charge in [-0.15, -0.1) is 0 Å². The molecule has 0 aliphatic carbocycles. The fourth-order valence-corrected chi connectivity index (χ4v) is 3.86. The number of hydrogen-bond donors (Lipinski definition) is 2. The number of anilines is 1. The van der Waals surface area contributed by atoms with Crippen LogP contribution in [-0.2, 0) is 10.7 Å². The largest absolute Gasteiger partial charge is 0.391 e. The van der Waals surface area contributed by atoms with Gasteiger partial charge < -0.3 is 14.4 Å². The molecule has 1 N–H and O–H groups in total. The summed E-state index contributed by atoms with van der Waals surface area (Å²) in [6.07, 6.45) is 3.19. The highest BCUT2D eigenvalue weighted by molar-refractivity contribution is 7.75. The Morgan fingerprint density at radius 2 is 1.90 bits per heavy atom. The quantitative estimate of drug-likeness (QED) is 0.439. The van der Waals surface area contributed by atoms with E-state index < -0.39 is 5.97 Å². The summed E-state index contributed by atoms with van der Waals surface area (Å²) in [5, 5.41) is 7.91. The molecule has 1 aliphatic heterocycles. The molecule has 1 aliphatic rings. The second kappa shape index (κ2) is 9.40. The van der Waals surface area contributed by atoms with Crippen LogP contribution in [0.25, 0.3) is 0 Å². The van der Waals surface area contributed by atoms with Crippen molar-refractivity contribution >= 4 is 42.2 Å². The van der Waals surface area contributed by atoms with E-state index in [0.29, 0.717) is 29.4 Å². The minimum absolute atomic E-state index is 0.173. The van der Waals surface area contributed by atoms with Crippen LogP contribution in [0.4, 0.5) is 10.5 Å². The highest BCUT2D eigenvalue weighted by atomic mass is 35.5. The third-order valence-electron chi connectivity index (χ3n) is 5.16. The van der Waals surface area contributed by atoms with Crippen LogP contribution in [-0.4, -0.2) is 38.2 Å². The van der Waals surface area contributed by atoms with E-state index in [4.69, 9.17) is 11.6 Å². The highest BCUT2D eigenvalue weighted by Crippen LogP contribution is 2.31. The molecule has 4 rings (SSSR count). The third kappa shape index (κ3) is 4.83. The van der Waals surface area contributed by atoms with E-state index in [-0.39, 0.29) is 12.1 Å². The third-order valence-corrected chi connectivity index (χ3v) is 5.58. The lowest BCUT2D eigenvalue weighted by atomic mass is 10.2. The Kier molecular flexibility index (Phi) is 6.43. The minimum atomic E-state index is -0.555. The lowest BCUT2D eigenvalue weighted by Gasteiger charge is -2.24. The molecule has 1 fully saturated rings. The summed E-state index contributed by atoms with van der Waals surface area (Å²) in [7, 11) is 0. The summed E-state index contributed by atoms with van der Waals surface area (Å²) in [5.74, 6) is 0.190. The van der Waals surface area contributed by atoms with Crippen molar-refractivity contribution in [2.75, 3.05) is 11.9 Å². The fraction of sp³-hybridized carbons (Fsp3) is 0.238. The van der Waals surface area contributed by atoms with Gasteiger partial charge in [0, 0.05) is 30.2 Å². The smallest absolute Gasteiger partial charge is 0.349 e. The van der Waals surface area contributed by atoms with Crippen molar-refractivity contribution in [3.8, 4) is 0 Å². The number of urea groups is 1. The lowest BCUT2D eigenvalue weighted by Crippen LogP contribution is -2.35. The molecule has 8 nitrogen and oxygen atoms in total. The standard InChI is InChI=1S/C21H20ClN5O3S/c22-16-7-3-14(4-8-16)12-27-19(23-13-24-27)18-2-1-11-26(18)21(29)25-17-9-5-15(6-10-17)20(28)30-31/h3-10,13,18,31H,1-2,11-12H2,(H,25,29)/t18-/m1/s1. The zero-order chi connectivity index (χ0) is 21.8. The van der Waals surface area contributed by atoms with Gasteiger partial charge in [-0.25, -0.2) is 19.3 Å². The van der Waals surface area contributed by atoms with Gasteiger partial charge in [-0.05, 0) is 54.8 Å². The fourth-order valence-electron chi connectivity index (χ4n) is 3.63. The van der Waals surface area contributed by atoms with E-state index in [9.17, 15) is 9.59 Å². The van der Waals surface area contributed by atoms with E-state index in [1.165, 1.54) is 6.33 Å². The minimum Gasteiger partial charge on any atom is -0.391 e. The van der Waals surface area contributed by atoms with Crippen molar-refractivity contribution in [2.24, 2.45) is 0 Å². The lowest BCUT2D eigenvalue weighted by molar-refractivity contribution is 0.0772. The topological polar surface area (TPSA) is 89.3 Å². The number of carbonyl (C=O) groups is 2. The van der Waals surface area contributed by atoms with Crippen molar-refractivity contribution in [1.82, 2.24) is 19.7 Å². The molecule has 0 unspecified atom stereocenters. The summed E-state index contributed by atoms with van der Waals surface area (Å²) in [5.41, 5.74) is 1.97. The molecule has 2 aromatic carbocycles. The molecule has 0 spiro atoms. The van der Waals surface area contributed by atoms with Crippen molar-refractivity contribution in [3.05, 3.63) is 76.8 Å². The first-order chi connectivity index (χ1) is 15.0. The Morgan fingerprint density at radius 1 is 1.16 bits per heavy atom. The van der Waals surface area contributed by atoms with Crippen LogP contribution in [0.15, 0.2) is 54.9 Å². The van der Waals surface area contributed by atoms with Crippen LogP contribution in [0.1, 0.15) is 40.6 Å². The number of hydrogen-bond acceptors (Lipinski definition) is 6. The molecular formula is C21H20ClN5O3S. The van der Waals surface area contributed by atoms with Crippen LogP contribution < -0.4 is 5.32 Å². The van der Waals surface area contributed by atoms with E-state index >= 15 is 0 Å². The van der Waals surface area contributed by atoms with Gasteiger partial charge in [0.25, 0.3) is 0 Å². The van der Waals surface area contributed by atoms with Gasteiger partial charge in [0.15, 0.2) is 0 Å². The van der Waals surface area contributed by atoms with Crippen LogP contribution in [0, 0.1) is 0 Å². The van der Waals surface area contributed by atoms with Gasteiger partial charge in [0.2, 0.25) is 0 Å². The van der Waals surface area contributed by atoms with Gasteiger partial charge in [0.05, 0.1) is 18.2 Å². The molecular weight excluding hydrogens is 438 g/mol. The Hall–Kier alpha value is -3.04. The van der Waals surface area contributed by atoms with Crippen LogP contribution in [0.5, 0.6) is 0 Å². The molecule has 2 amide bonds. The summed E-state index contributed by atoms with van der Waals surface area (Å²) >= 11 is 9.47. The maximum Gasteiger partial charge on any atom is 0.349 e. The number of amides is 2. The average Bonchev–Trinajstić information content (AvgIpc) is 3.44. The van der Waals surface area contributed by atoms with Crippen molar-refractivity contribution in [1.29, 1.82) is 0 Å². The molecule has 1 aromatic heterocycles. The molecule has 160 valence electrons. The number of aromatic nitrogens is 3. The number of rotatable bonds is 5. The second-order valence-electron chi connectivity index (χ2n) is 7.14. The zero-order valence-corrected chi connectivity index (χ0v) is 18.1. The summed E-state index contributed by atoms with van der Waals surface area (Å²) in [6.45, 7) is 1.16. The van der Waals surface area contributed by atoms with Crippen LogP contribution in [0.3, 0.4) is 0 Å². The van der Waals surface area contributed by atoms with Crippen molar-refractivity contribution < 1.29 is 13.8 Å². The maximum absolute atomic E-state index is 12.9. The second-order valence-corrected chi connectivity index (χ2v) is 7.76. The summed E-state index contributed by atoms with van der Waals surface area (Å²) in [6, 6.07) is 13.6. The molecule has 0 radical (unpaired) electrons. The molecule has 10 heteroatoms. The maximum atomic E-state index is 12.9. The van der Waals surface area contributed by atoms with Crippen LogP contribution >= 0.6 is 24.5 Å². The summed E-state index contributed by atoms with van der Waals surface area (Å²) < 4.78 is 6.21. The number of halogens is 1. The first kappa shape index (κ1) is 21.2. The predicted octanol–water partition coefficient (Wildman–Crippen LogP) is 4.35. The normalized spacial score (nSPS) is 15.7. The van der Waals surface area contributed by atoms with Crippen molar-refractivity contribution in [2.45, 2.75) is 25.4 Å². The Bertz CT molecular complexity index is 1070. The van der Waals surface area contributed by atoms with E-state index in [2.05, 4.69) is 32.5 Å². The van der Waals surface area contributed by atoms with E-state index in [0.717, 1.165) is 24.2 Å². The Morgan fingerprint density at radius 3 is 2.61 bits per heavy atom. The number of thiol groups is 1. The van der Waals surface area contributed by atoms with Gasteiger partial charge in [-0.2, -0.15) is 5.10 Å². The monoisotopic (exact) mass is 457 g/mol. The SMILES string of the molecule is O=C(OS)c1ccc(NC(=O)N2CCC[C@@H]2c2ncnn2Cc2ccc(Cl)cc2)cc1. The van der Waals surface area contributed by atoms with Gasteiger partial charge in [-0.3, -0.25) is 0 Å².